The second-order valence-electron chi connectivity index (χ2n) is 6.14. The molecule has 140 valence electrons. The lowest BCUT2D eigenvalue weighted by atomic mass is 10.0. The Balaban J connectivity index is 1.99. The van der Waals surface area contributed by atoms with Gasteiger partial charge in [-0.2, -0.15) is 0 Å². The van der Waals surface area contributed by atoms with E-state index in [2.05, 4.69) is 10.3 Å². The van der Waals surface area contributed by atoms with Gasteiger partial charge in [0.2, 0.25) is 0 Å². The van der Waals surface area contributed by atoms with E-state index >= 15 is 0 Å². The van der Waals surface area contributed by atoms with Crippen molar-refractivity contribution in [1.29, 1.82) is 0 Å². The number of fused-ring (bicyclic) bond motifs is 1. The maximum atomic E-state index is 13.8. The number of hydrogen-bond acceptors (Lipinski definition) is 2. The quantitative estimate of drug-likeness (QED) is 0.713. The van der Waals surface area contributed by atoms with Gasteiger partial charge in [-0.1, -0.05) is 18.2 Å². The number of carbonyl (C=O) groups excluding carboxylic acids is 1. The number of H-pyrrole nitrogens is 1. The second kappa shape index (κ2) is 7.57. The molecule has 1 atom stereocenters. The Labute approximate surface area is 154 Å². The molecule has 0 spiro atoms. The van der Waals surface area contributed by atoms with Crippen molar-refractivity contribution in [2.75, 3.05) is 11.9 Å². The van der Waals surface area contributed by atoms with Crippen molar-refractivity contribution < 1.29 is 13.6 Å². The van der Waals surface area contributed by atoms with Gasteiger partial charge >= 0.3 is 6.03 Å². The fourth-order valence-electron chi connectivity index (χ4n) is 3.10. The van der Waals surface area contributed by atoms with Gasteiger partial charge in [0.25, 0.3) is 5.56 Å². The van der Waals surface area contributed by atoms with E-state index in [0.717, 1.165) is 12.1 Å². The molecule has 5 nitrogen and oxygen atoms in total. The van der Waals surface area contributed by atoms with E-state index in [1.807, 2.05) is 25.1 Å². The minimum absolute atomic E-state index is 0.0396. The first-order chi connectivity index (χ1) is 12.9. The van der Waals surface area contributed by atoms with Crippen LogP contribution in [0.5, 0.6) is 0 Å². The Morgan fingerprint density at radius 1 is 1.15 bits per heavy atom. The minimum Gasteiger partial charge on any atom is -0.328 e. The maximum absolute atomic E-state index is 13.8. The highest BCUT2D eigenvalue weighted by Crippen LogP contribution is 2.28. The molecule has 0 unspecified atom stereocenters. The lowest BCUT2D eigenvalue weighted by molar-refractivity contribution is 0.197. The first kappa shape index (κ1) is 18.6. The molecule has 3 rings (SSSR count). The number of amides is 2. The highest BCUT2D eigenvalue weighted by Gasteiger charge is 2.23. The summed E-state index contributed by atoms with van der Waals surface area (Å²) in [5.74, 6) is -2.13. The van der Waals surface area contributed by atoms with E-state index in [1.54, 1.807) is 24.0 Å². The molecule has 1 aromatic heterocycles. The number of rotatable bonds is 4. The third kappa shape index (κ3) is 3.67. The smallest absolute Gasteiger partial charge is 0.322 e. The molecule has 0 aliphatic heterocycles. The van der Waals surface area contributed by atoms with E-state index in [9.17, 15) is 18.4 Å². The molecule has 0 aliphatic carbocycles. The molecule has 0 saturated heterocycles. The van der Waals surface area contributed by atoms with E-state index in [0.29, 0.717) is 17.8 Å². The zero-order valence-corrected chi connectivity index (χ0v) is 14.9. The third-order valence-electron chi connectivity index (χ3n) is 4.52. The van der Waals surface area contributed by atoms with Crippen LogP contribution in [0.25, 0.3) is 10.8 Å². The number of pyridine rings is 1. The lowest BCUT2D eigenvalue weighted by Gasteiger charge is -2.29. The largest absolute Gasteiger partial charge is 0.328 e. The predicted octanol–water partition coefficient (Wildman–Crippen LogP) is 4.42. The van der Waals surface area contributed by atoms with Gasteiger partial charge in [-0.25, -0.2) is 13.6 Å². The molecule has 3 aromatic rings. The third-order valence-corrected chi connectivity index (χ3v) is 4.52. The summed E-state index contributed by atoms with van der Waals surface area (Å²) in [7, 11) is 0. The maximum Gasteiger partial charge on any atom is 0.322 e. The van der Waals surface area contributed by atoms with Crippen LogP contribution in [0, 0.1) is 11.6 Å². The molecule has 27 heavy (non-hydrogen) atoms. The van der Waals surface area contributed by atoms with Crippen molar-refractivity contribution in [3.05, 3.63) is 76.2 Å². The van der Waals surface area contributed by atoms with E-state index < -0.39 is 23.2 Å². The Bertz CT molecular complexity index is 1030. The molecule has 0 aliphatic rings. The summed E-state index contributed by atoms with van der Waals surface area (Å²) >= 11 is 0. The number of nitrogens with zero attached hydrogens (tertiary/aromatic N) is 1. The Morgan fingerprint density at radius 2 is 1.78 bits per heavy atom. The van der Waals surface area contributed by atoms with Crippen molar-refractivity contribution in [3.8, 4) is 0 Å². The van der Waals surface area contributed by atoms with E-state index in [4.69, 9.17) is 0 Å². The van der Waals surface area contributed by atoms with Crippen molar-refractivity contribution in [2.45, 2.75) is 19.9 Å². The molecule has 1 heterocycles. The van der Waals surface area contributed by atoms with Crippen LogP contribution in [0.3, 0.4) is 0 Å². The molecular formula is C20H19F2N3O2. The number of anilines is 1. The van der Waals surface area contributed by atoms with Crippen LogP contribution >= 0.6 is 0 Å². The SMILES string of the molecule is CCN(C(=O)Nc1ccccc1)[C@@H](C)c1c[nH]c(=O)c2cc(F)c(F)cc12. The number of hydrogen-bond donors (Lipinski definition) is 2. The van der Waals surface area contributed by atoms with Crippen LogP contribution in [0.1, 0.15) is 25.5 Å². The highest BCUT2D eigenvalue weighted by atomic mass is 19.2. The van der Waals surface area contributed by atoms with E-state index in [-0.39, 0.29) is 16.8 Å². The zero-order valence-electron chi connectivity index (χ0n) is 14.9. The van der Waals surface area contributed by atoms with Gasteiger partial charge in [-0.3, -0.25) is 4.79 Å². The van der Waals surface area contributed by atoms with Crippen molar-refractivity contribution >= 4 is 22.5 Å². The van der Waals surface area contributed by atoms with Gasteiger partial charge in [-0.15, -0.1) is 0 Å². The molecule has 0 fully saturated rings. The van der Waals surface area contributed by atoms with Gasteiger partial charge in [0.15, 0.2) is 11.6 Å². The summed E-state index contributed by atoms with van der Waals surface area (Å²) in [6, 6.07) is 10.0. The summed E-state index contributed by atoms with van der Waals surface area (Å²) in [6.45, 7) is 3.96. The van der Waals surface area contributed by atoms with Crippen LogP contribution in [-0.4, -0.2) is 22.5 Å². The highest BCUT2D eigenvalue weighted by molar-refractivity contribution is 5.90. The molecule has 0 radical (unpaired) electrons. The van der Waals surface area contributed by atoms with Crippen molar-refractivity contribution in [1.82, 2.24) is 9.88 Å². The monoisotopic (exact) mass is 371 g/mol. The van der Waals surface area contributed by atoms with Crippen molar-refractivity contribution in [2.24, 2.45) is 0 Å². The Morgan fingerprint density at radius 3 is 2.41 bits per heavy atom. The fourth-order valence-corrected chi connectivity index (χ4v) is 3.10. The summed E-state index contributed by atoms with van der Waals surface area (Å²) in [4.78, 5) is 28.8. The normalized spacial score (nSPS) is 12.0. The summed E-state index contributed by atoms with van der Waals surface area (Å²) in [5, 5.41) is 3.12. The molecule has 2 amide bonds. The van der Waals surface area contributed by atoms with Gasteiger partial charge in [0, 0.05) is 18.4 Å². The number of aromatic amines is 1. The number of carbonyl (C=O) groups is 1. The molecule has 0 saturated carbocycles. The molecular weight excluding hydrogens is 352 g/mol. The van der Waals surface area contributed by atoms with E-state index in [1.165, 1.54) is 6.20 Å². The standard InChI is InChI=1S/C20H19F2N3O2/c1-3-25(20(27)24-13-7-5-4-6-8-13)12(2)16-11-23-19(26)15-10-18(22)17(21)9-14(15)16/h4-12H,3H2,1-2H3,(H,23,26)(H,24,27)/t12-/m0/s1. The zero-order chi connectivity index (χ0) is 19.6. The van der Waals surface area contributed by atoms with Gasteiger partial charge in [0.05, 0.1) is 11.4 Å². The predicted molar refractivity (Wildman–Crippen MR) is 101 cm³/mol. The average Bonchev–Trinajstić information content (AvgIpc) is 2.65. The fraction of sp³-hybridized carbons (Fsp3) is 0.200. The molecule has 2 aromatic carbocycles. The first-order valence-electron chi connectivity index (χ1n) is 8.55. The number of nitrogens with one attached hydrogen (secondary N) is 2. The number of aromatic nitrogens is 1. The van der Waals surface area contributed by atoms with Gasteiger partial charge in [0.1, 0.15) is 0 Å². The topological polar surface area (TPSA) is 65.2 Å². The number of para-hydroxylation sites is 1. The number of benzene rings is 2. The molecule has 2 N–H and O–H groups in total. The number of urea groups is 1. The lowest BCUT2D eigenvalue weighted by Crippen LogP contribution is -2.37. The van der Waals surface area contributed by atoms with Crippen LogP contribution in [0.4, 0.5) is 19.3 Å². The Hall–Kier alpha value is -3.22. The minimum atomic E-state index is -1.09. The molecule has 0 bridgehead atoms. The van der Waals surface area contributed by atoms with Crippen molar-refractivity contribution in [3.63, 3.8) is 0 Å². The van der Waals surface area contributed by atoms with Crippen LogP contribution < -0.4 is 10.9 Å². The summed E-state index contributed by atoms with van der Waals surface area (Å²) < 4.78 is 27.3. The molecule has 7 heteroatoms. The van der Waals surface area contributed by atoms with Gasteiger partial charge in [-0.05, 0) is 49.1 Å². The van der Waals surface area contributed by atoms with Crippen LogP contribution in [0.15, 0.2) is 53.5 Å². The summed E-state index contributed by atoms with van der Waals surface area (Å²) in [5.41, 5.74) is 0.651. The van der Waals surface area contributed by atoms with Gasteiger partial charge < -0.3 is 15.2 Å². The average molecular weight is 371 g/mol. The second-order valence-corrected chi connectivity index (χ2v) is 6.14. The first-order valence-corrected chi connectivity index (χ1v) is 8.55. The van der Waals surface area contributed by atoms with Crippen LogP contribution in [0.2, 0.25) is 0 Å². The Kier molecular flexibility index (Phi) is 5.21. The summed E-state index contributed by atoms with van der Waals surface area (Å²) in [6.07, 6.45) is 1.44. The number of halogens is 2. The van der Waals surface area contributed by atoms with Crippen LogP contribution in [-0.2, 0) is 0 Å².